The van der Waals surface area contributed by atoms with Crippen LogP contribution in [0.4, 0.5) is 17.2 Å². The summed E-state index contributed by atoms with van der Waals surface area (Å²) in [6.45, 7) is 7.99. The van der Waals surface area contributed by atoms with Crippen LogP contribution in [-0.4, -0.2) is 47.9 Å². The lowest BCUT2D eigenvalue weighted by atomic mass is 10.1. The first kappa shape index (κ1) is 23.9. The van der Waals surface area contributed by atoms with Crippen LogP contribution in [0, 0.1) is 0 Å². The smallest absolute Gasteiger partial charge is 0.256 e. The molecule has 7 nitrogen and oxygen atoms in total. The van der Waals surface area contributed by atoms with Crippen molar-refractivity contribution in [3.8, 4) is 0 Å². The molecule has 2 amide bonds. The number of amides is 2. The lowest BCUT2D eigenvalue weighted by Crippen LogP contribution is -2.28. The summed E-state index contributed by atoms with van der Waals surface area (Å²) in [5.74, 6) is -0.203. The van der Waals surface area contributed by atoms with Crippen LogP contribution in [0.2, 0.25) is 0 Å². The number of primary amides is 1. The number of rotatable bonds is 11. The maximum absolute atomic E-state index is 12.8. The van der Waals surface area contributed by atoms with Gasteiger partial charge < -0.3 is 20.9 Å². The number of aromatic nitrogens is 1. The zero-order chi connectivity index (χ0) is 23.6. The molecule has 0 atom stereocenters. The first-order valence-corrected chi connectivity index (χ1v) is 11.2. The molecule has 1 heterocycles. The second kappa shape index (κ2) is 11.8. The van der Waals surface area contributed by atoms with E-state index in [9.17, 15) is 9.59 Å². The Balaban J connectivity index is 1.87. The van der Waals surface area contributed by atoms with Gasteiger partial charge >= 0.3 is 0 Å². The minimum Gasteiger partial charge on any atom is -0.366 e. The molecule has 1 aromatic heterocycles. The van der Waals surface area contributed by atoms with E-state index in [1.54, 1.807) is 36.5 Å². The maximum atomic E-state index is 12.8. The molecule has 0 aliphatic heterocycles. The van der Waals surface area contributed by atoms with Gasteiger partial charge in [-0.1, -0.05) is 32.0 Å². The van der Waals surface area contributed by atoms with Crippen molar-refractivity contribution in [3.05, 3.63) is 84.1 Å². The molecule has 0 aliphatic carbocycles. The second-order valence-electron chi connectivity index (χ2n) is 7.67. The molecular weight excluding hydrogens is 414 g/mol. The largest absolute Gasteiger partial charge is 0.366 e. The van der Waals surface area contributed by atoms with E-state index in [1.165, 1.54) is 0 Å². The zero-order valence-corrected chi connectivity index (χ0v) is 19.2. The van der Waals surface area contributed by atoms with E-state index in [0.29, 0.717) is 16.9 Å². The summed E-state index contributed by atoms with van der Waals surface area (Å²) in [4.78, 5) is 33.2. The summed E-state index contributed by atoms with van der Waals surface area (Å²) in [6, 6.07) is 20.1. The normalized spacial score (nSPS) is 10.8. The molecule has 0 aliphatic rings. The van der Waals surface area contributed by atoms with Crippen LogP contribution in [0.25, 0.3) is 0 Å². The van der Waals surface area contributed by atoms with E-state index in [2.05, 4.69) is 33.9 Å². The summed E-state index contributed by atoms with van der Waals surface area (Å²) in [7, 11) is 0. The highest BCUT2D eigenvalue weighted by Crippen LogP contribution is 2.27. The lowest BCUT2D eigenvalue weighted by Gasteiger charge is -2.27. The minimum atomic E-state index is -0.469. The van der Waals surface area contributed by atoms with E-state index < -0.39 is 5.91 Å². The lowest BCUT2D eigenvalue weighted by molar-refractivity contribution is 0.0997. The van der Waals surface area contributed by atoms with Crippen molar-refractivity contribution in [2.75, 3.05) is 36.4 Å². The molecule has 7 heteroatoms. The number of anilines is 3. The minimum absolute atomic E-state index is 0.232. The Morgan fingerprint density at radius 1 is 0.879 bits per heavy atom. The highest BCUT2D eigenvalue weighted by Gasteiger charge is 2.15. The van der Waals surface area contributed by atoms with Crippen LogP contribution < -0.4 is 16.0 Å². The molecule has 0 radical (unpaired) electrons. The van der Waals surface area contributed by atoms with Gasteiger partial charge in [-0.15, -0.1) is 0 Å². The van der Waals surface area contributed by atoms with Crippen molar-refractivity contribution in [1.82, 2.24) is 9.88 Å². The molecule has 0 fully saturated rings. The molecule has 0 spiro atoms. The SMILES string of the molecule is CCN(CC)CCCN(c1cccc(C(N)=O)c1)c1cccc(C(=O)Nc2ccccn2)c1. The third kappa shape index (κ3) is 6.63. The Bertz CT molecular complexity index is 1070. The van der Waals surface area contributed by atoms with Crippen LogP contribution in [0.5, 0.6) is 0 Å². The van der Waals surface area contributed by atoms with Gasteiger partial charge in [0.2, 0.25) is 5.91 Å². The molecule has 3 rings (SSSR count). The molecule has 0 bridgehead atoms. The highest BCUT2D eigenvalue weighted by atomic mass is 16.2. The predicted octanol–water partition coefficient (Wildman–Crippen LogP) is 4.30. The third-order valence-corrected chi connectivity index (χ3v) is 5.52. The number of carbonyl (C=O) groups excluding carboxylic acids is 2. The number of pyridine rings is 1. The van der Waals surface area contributed by atoms with E-state index in [-0.39, 0.29) is 5.91 Å². The number of hydrogen-bond acceptors (Lipinski definition) is 5. The second-order valence-corrected chi connectivity index (χ2v) is 7.67. The average Bonchev–Trinajstić information content (AvgIpc) is 2.85. The summed E-state index contributed by atoms with van der Waals surface area (Å²) in [5.41, 5.74) is 8.21. The first-order valence-electron chi connectivity index (χ1n) is 11.2. The van der Waals surface area contributed by atoms with Gasteiger partial charge in [-0.05, 0) is 74.6 Å². The number of benzene rings is 2. The Morgan fingerprint density at radius 3 is 2.15 bits per heavy atom. The van der Waals surface area contributed by atoms with E-state index in [4.69, 9.17) is 5.73 Å². The van der Waals surface area contributed by atoms with Gasteiger partial charge in [0, 0.05) is 35.2 Å². The van der Waals surface area contributed by atoms with Crippen LogP contribution in [-0.2, 0) is 0 Å². The van der Waals surface area contributed by atoms with Crippen molar-refractivity contribution in [2.24, 2.45) is 5.73 Å². The molecule has 0 saturated heterocycles. The van der Waals surface area contributed by atoms with Crippen LogP contribution >= 0.6 is 0 Å². The number of nitrogens with one attached hydrogen (secondary N) is 1. The van der Waals surface area contributed by atoms with Crippen LogP contribution in [0.15, 0.2) is 72.9 Å². The molecule has 0 unspecified atom stereocenters. The van der Waals surface area contributed by atoms with Crippen LogP contribution in [0.1, 0.15) is 41.0 Å². The average molecular weight is 446 g/mol. The Morgan fingerprint density at radius 2 is 1.55 bits per heavy atom. The molecule has 0 saturated carbocycles. The fourth-order valence-corrected chi connectivity index (χ4v) is 3.67. The van der Waals surface area contributed by atoms with E-state index in [1.807, 2.05) is 36.4 Å². The van der Waals surface area contributed by atoms with E-state index in [0.717, 1.165) is 44.0 Å². The highest BCUT2D eigenvalue weighted by molar-refractivity contribution is 6.04. The molecular formula is C26H31N5O2. The molecule has 172 valence electrons. The Labute approximate surface area is 195 Å². The summed E-state index contributed by atoms with van der Waals surface area (Å²) >= 11 is 0. The van der Waals surface area contributed by atoms with Crippen molar-refractivity contribution >= 4 is 29.0 Å². The van der Waals surface area contributed by atoms with Crippen molar-refractivity contribution in [2.45, 2.75) is 20.3 Å². The monoisotopic (exact) mass is 445 g/mol. The summed E-state index contributed by atoms with van der Waals surface area (Å²) < 4.78 is 0. The first-order chi connectivity index (χ1) is 16.0. The topological polar surface area (TPSA) is 91.6 Å². The quantitative estimate of drug-likeness (QED) is 0.459. The van der Waals surface area contributed by atoms with Gasteiger partial charge in [0.25, 0.3) is 5.91 Å². The third-order valence-electron chi connectivity index (χ3n) is 5.52. The molecule has 2 aromatic carbocycles. The number of nitrogens with zero attached hydrogens (tertiary/aromatic N) is 3. The predicted molar refractivity (Wildman–Crippen MR) is 133 cm³/mol. The van der Waals surface area contributed by atoms with Crippen molar-refractivity contribution < 1.29 is 9.59 Å². The summed E-state index contributed by atoms with van der Waals surface area (Å²) in [6.07, 6.45) is 2.56. The fourth-order valence-electron chi connectivity index (χ4n) is 3.67. The maximum Gasteiger partial charge on any atom is 0.256 e. The van der Waals surface area contributed by atoms with Crippen molar-refractivity contribution in [1.29, 1.82) is 0 Å². The van der Waals surface area contributed by atoms with Gasteiger partial charge in [-0.25, -0.2) is 4.98 Å². The van der Waals surface area contributed by atoms with Gasteiger partial charge in [-0.3, -0.25) is 9.59 Å². The summed E-state index contributed by atoms with van der Waals surface area (Å²) in [5, 5.41) is 2.83. The molecule has 3 N–H and O–H groups in total. The van der Waals surface area contributed by atoms with Gasteiger partial charge in [0.15, 0.2) is 0 Å². The zero-order valence-electron chi connectivity index (χ0n) is 19.2. The Hall–Kier alpha value is -3.71. The number of hydrogen-bond donors (Lipinski definition) is 2. The standard InChI is InChI=1S/C26H31N5O2/c1-3-30(4-2)16-9-17-31(22-12-7-10-20(18-22)25(27)32)23-13-8-11-21(19-23)26(33)29-24-14-5-6-15-28-24/h5-8,10-15,18-19H,3-4,9,16-17H2,1-2H3,(H2,27,32)(H,28,29,33). The number of carbonyl (C=O) groups is 2. The Kier molecular flexibility index (Phi) is 8.55. The van der Waals surface area contributed by atoms with Gasteiger partial charge in [-0.2, -0.15) is 0 Å². The van der Waals surface area contributed by atoms with Gasteiger partial charge in [0.05, 0.1) is 0 Å². The van der Waals surface area contributed by atoms with Crippen molar-refractivity contribution in [3.63, 3.8) is 0 Å². The van der Waals surface area contributed by atoms with E-state index >= 15 is 0 Å². The molecule has 3 aromatic rings. The fraction of sp³-hybridized carbons (Fsp3) is 0.269. The molecule has 33 heavy (non-hydrogen) atoms. The number of nitrogens with two attached hydrogens (primary N) is 1. The van der Waals surface area contributed by atoms with Crippen LogP contribution in [0.3, 0.4) is 0 Å². The van der Waals surface area contributed by atoms with Gasteiger partial charge in [0.1, 0.15) is 5.82 Å².